The predicted octanol–water partition coefficient (Wildman–Crippen LogP) is 6.13. The Hall–Kier alpha value is -3.53. The molecule has 0 amide bonds. The Morgan fingerprint density at radius 1 is 0.788 bits per heavy atom. The van der Waals surface area contributed by atoms with Crippen molar-refractivity contribution >= 4 is 5.97 Å². The maximum absolute atomic E-state index is 13.2. The van der Waals surface area contributed by atoms with E-state index >= 15 is 0 Å². The summed E-state index contributed by atoms with van der Waals surface area (Å²) in [4.78, 5) is 11.7. The predicted molar refractivity (Wildman–Crippen MR) is 107 cm³/mol. The third kappa shape index (κ3) is 5.46. The maximum Gasteiger partial charge on any atom is 0.416 e. The lowest BCUT2D eigenvalue weighted by atomic mass is 9.93. The minimum atomic E-state index is -4.68. The largest absolute Gasteiger partial charge is 0.490 e. The molecular formula is C23H16F6O4. The van der Waals surface area contributed by atoms with Crippen LogP contribution in [-0.4, -0.2) is 29.4 Å². The number of aliphatic hydroxyl groups is 1. The van der Waals surface area contributed by atoms with Crippen molar-refractivity contribution in [1.29, 1.82) is 0 Å². The first-order valence-electron chi connectivity index (χ1n) is 9.42. The van der Waals surface area contributed by atoms with Crippen LogP contribution in [-0.2, 0) is 12.4 Å². The van der Waals surface area contributed by atoms with E-state index in [0.717, 1.165) is 48.5 Å². The first kappa shape index (κ1) is 24.1. The fourth-order valence-electron chi connectivity index (χ4n) is 3.21. The molecule has 0 aliphatic heterocycles. The summed E-state index contributed by atoms with van der Waals surface area (Å²) >= 11 is 0. The van der Waals surface area contributed by atoms with Gasteiger partial charge < -0.3 is 14.9 Å². The van der Waals surface area contributed by atoms with Crippen molar-refractivity contribution in [3.8, 4) is 28.0 Å². The van der Waals surface area contributed by atoms with E-state index in [-0.39, 0.29) is 40.2 Å². The van der Waals surface area contributed by atoms with E-state index in [1.807, 2.05) is 0 Å². The molecule has 4 nitrogen and oxygen atoms in total. The lowest BCUT2D eigenvalue weighted by molar-refractivity contribution is -0.138. The van der Waals surface area contributed by atoms with Crippen LogP contribution in [0.15, 0.2) is 60.7 Å². The van der Waals surface area contributed by atoms with Crippen LogP contribution >= 0.6 is 0 Å². The zero-order chi connectivity index (χ0) is 24.4. The average Bonchev–Trinajstić information content (AvgIpc) is 2.76. The second-order valence-corrected chi connectivity index (χ2v) is 6.93. The third-order valence-electron chi connectivity index (χ3n) is 4.68. The summed E-state index contributed by atoms with van der Waals surface area (Å²) in [5, 5.41) is 18.7. The van der Waals surface area contributed by atoms with E-state index in [9.17, 15) is 41.4 Å². The fraction of sp³-hybridized carbons (Fsp3) is 0.174. The van der Waals surface area contributed by atoms with Crippen molar-refractivity contribution in [3.05, 3.63) is 77.4 Å². The molecule has 0 spiro atoms. The van der Waals surface area contributed by atoms with E-state index in [1.165, 1.54) is 12.1 Å². The van der Waals surface area contributed by atoms with Crippen LogP contribution in [0.3, 0.4) is 0 Å². The van der Waals surface area contributed by atoms with Gasteiger partial charge in [-0.1, -0.05) is 24.3 Å². The SMILES string of the molecule is O=C(O)c1cc(-c2cccc(C(F)(F)F)c2)c(OCCO)c(-c2cccc(C(F)(F)F)c2)c1. The number of carbonyl (C=O) groups is 1. The first-order valence-corrected chi connectivity index (χ1v) is 9.42. The Bertz CT molecular complexity index is 1090. The highest BCUT2D eigenvalue weighted by molar-refractivity contribution is 5.95. The van der Waals surface area contributed by atoms with Crippen molar-refractivity contribution in [3.63, 3.8) is 0 Å². The zero-order valence-corrected chi connectivity index (χ0v) is 16.7. The topological polar surface area (TPSA) is 66.8 Å². The standard InChI is InChI=1S/C23H16F6O4/c24-22(25,26)16-5-1-3-13(9-16)18-11-15(21(31)32)12-19(20(18)33-8-7-30)14-4-2-6-17(10-14)23(27,28)29/h1-6,9-12,30H,7-8H2,(H,31,32). The zero-order valence-electron chi connectivity index (χ0n) is 16.7. The molecule has 0 saturated carbocycles. The van der Waals surface area contributed by atoms with E-state index in [4.69, 9.17) is 4.74 Å². The molecule has 0 radical (unpaired) electrons. The molecule has 3 rings (SSSR count). The number of aliphatic hydroxyl groups excluding tert-OH is 1. The van der Waals surface area contributed by atoms with Crippen LogP contribution in [0, 0.1) is 0 Å². The van der Waals surface area contributed by atoms with Gasteiger partial charge in [0.15, 0.2) is 0 Å². The molecule has 0 unspecified atom stereocenters. The van der Waals surface area contributed by atoms with Crippen molar-refractivity contribution in [2.45, 2.75) is 12.4 Å². The second kappa shape index (κ2) is 9.14. The smallest absolute Gasteiger partial charge is 0.416 e. The number of rotatable bonds is 6. The molecule has 0 aliphatic carbocycles. The Morgan fingerprint density at radius 2 is 1.24 bits per heavy atom. The molecule has 0 aliphatic rings. The van der Waals surface area contributed by atoms with Crippen LogP contribution in [0.1, 0.15) is 21.5 Å². The average molecular weight is 470 g/mol. The van der Waals surface area contributed by atoms with Gasteiger partial charge in [-0.25, -0.2) is 4.79 Å². The number of carboxylic acids is 1. The molecule has 0 bridgehead atoms. The van der Waals surface area contributed by atoms with Gasteiger partial charge in [-0.15, -0.1) is 0 Å². The van der Waals surface area contributed by atoms with Gasteiger partial charge in [0.25, 0.3) is 0 Å². The third-order valence-corrected chi connectivity index (χ3v) is 4.68. The lowest BCUT2D eigenvalue weighted by Gasteiger charge is -2.19. The van der Waals surface area contributed by atoms with E-state index < -0.39 is 36.1 Å². The highest BCUT2D eigenvalue weighted by Gasteiger charge is 2.32. The van der Waals surface area contributed by atoms with E-state index in [1.54, 1.807) is 0 Å². The number of benzene rings is 3. The molecule has 0 aromatic heterocycles. The maximum atomic E-state index is 13.2. The van der Waals surface area contributed by atoms with Crippen molar-refractivity contribution in [2.75, 3.05) is 13.2 Å². The number of halogens is 6. The second-order valence-electron chi connectivity index (χ2n) is 6.93. The number of hydrogen-bond acceptors (Lipinski definition) is 3. The van der Waals surface area contributed by atoms with Gasteiger partial charge in [0.2, 0.25) is 0 Å². The number of hydrogen-bond donors (Lipinski definition) is 2. The fourth-order valence-corrected chi connectivity index (χ4v) is 3.21. The van der Waals surface area contributed by atoms with Gasteiger partial charge in [-0.05, 0) is 47.5 Å². The summed E-state index contributed by atoms with van der Waals surface area (Å²) in [5.74, 6) is -1.60. The molecule has 0 atom stereocenters. The van der Waals surface area contributed by atoms with E-state index in [0.29, 0.717) is 0 Å². The van der Waals surface area contributed by atoms with E-state index in [2.05, 4.69) is 0 Å². The Kier molecular flexibility index (Phi) is 6.68. The van der Waals surface area contributed by atoms with Gasteiger partial charge in [0.1, 0.15) is 12.4 Å². The van der Waals surface area contributed by atoms with Crippen molar-refractivity contribution < 1.29 is 46.1 Å². The molecule has 0 fully saturated rings. The normalized spacial score (nSPS) is 12.0. The molecule has 0 saturated heterocycles. The summed E-state index contributed by atoms with van der Waals surface area (Å²) in [6.45, 7) is -0.824. The Labute approximate surface area is 183 Å². The lowest BCUT2D eigenvalue weighted by Crippen LogP contribution is -2.08. The molecular weight excluding hydrogens is 454 g/mol. The van der Waals surface area contributed by atoms with Crippen LogP contribution in [0.2, 0.25) is 0 Å². The van der Waals surface area contributed by atoms with Gasteiger partial charge in [-0.3, -0.25) is 0 Å². The highest BCUT2D eigenvalue weighted by atomic mass is 19.4. The van der Waals surface area contributed by atoms with Crippen molar-refractivity contribution in [2.24, 2.45) is 0 Å². The number of alkyl halides is 6. The van der Waals surface area contributed by atoms with Gasteiger partial charge in [0, 0.05) is 11.1 Å². The number of aromatic carboxylic acids is 1. The summed E-state index contributed by atoms with van der Waals surface area (Å²) in [5.41, 5.74) is -2.66. The quantitative estimate of drug-likeness (QED) is 0.426. The molecule has 33 heavy (non-hydrogen) atoms. The summed E-state index contributed by atoms with van der Waals surface area (Å²) < 4.78 is 84.9. The molecule has 174 valence electrons. The molecule has 0 heterocycles. The number of carboxylic acid groups (broad SMARTS) is 1. The highest BCUT2D eigenvalue weighted by Crippen LogP contribution is 2.43. The molecule has 10 heteroatoms. The van der Waals surface area contributed by atoms with Crippen LogP contribution in [0.5, 0.6) is 5.75 Å². The van der Waals surface area contributed by atoms with Gasteiger partial charge >= 0.3 is 18.3 Å². The monoisotopic (exact) mass is 470 g/mol. The molecule has 2 N–H and O–H groups in total. The molecule has 3 aromatic carbocycles. The van der Waals surface area contributed by atoms with Crippen molar-refractivity contribution in [1.82, 2.24) is 0 Å². The van der Waals surface area contributed by atoms with Gasteiger partial charge in [0.05, 0.1) is 23.3 Å². The van der Waals surface area contributed by atoms with Crippen LogP contribution in [0.4, 0.5) is 26.3 Å². The van der Waals surface area contributed by atoms with Gasteiger partial charge in [-0.2, -0.15) is 26.3 Å². The minimum Gasteiger partial charge on any atom is -0.490 e. The van der Waals surface area contributed by atoms with Crippen LogP contribution < -0.4 is 4.74 Å². The summed E-state index contributed by atoms with van der Waals surface area (Å²) in [7, 11) is 0. The number of ether oxygens (including phenoxy) is 1. The summed E-state index contributed by atoms with van der Waals surface area (Å²) in [6, 6.07) is 10.2. The Morgan fingerprint density at radius 3 is 1.61 bits per heavy atom. The first-order chi connectivity index (χ1) is 15.4. The minimum absolute atomic E-state index is 0.0610. The molecule has 3 aromatic rings. The Balaban J connectivity index is 2.33. The van der Waals surface area contributed by atoms with Crippen LogP contribution in [0.25, 0.3) is 22.3 Å². The summed E-state index contributed by atoms with van der Waals surface area (Å²) in [6.07, 6.45) is -9.37.